The Kier molecular flexibility index (Phi) is 4.95. The first-order chi connectivity index (χ1) is 13.1. The second-order valence-corrected chi connectivity index (χ2v) is 7.21. The fourth-order valence-electron chi connectivity index (χ4n) is 3.10. The summed E-state index contributed by atoms with van der Waals surface area (Å²) < 4.78 is 17.8. The highest BCUT2D eigenvalue weighted by Crippen LogP contribution is 2.51. The van der Waals surface area contributed by atoms with Gasteiger partial charge in [-0.1, -0.05) is 12.1 Å². The maximum atomic E-state index is 11.3. The second kappa shape index (κ2) is 7.08. The molecule has 0 saturated heterocycles. The predicted octanol–water partition coefficient (Wildman–Crippen LogP) is 4.93. The molecule has 1 aliphatic rings. The van der Waals surface area contributed by atoms with Crippen molar-refractivity contribution in [3.8, 4) is 17.2 Å². The molecule has 2 aromatic rings. The normalized spacial score (nSPS) is 17.1. The lowest BCUT2D eigenvalue weighted by molar-refractivity contribution is -0.394. The molecule has 0 spiro atoms. The van der Waals surface area contributed by atoms with Gasteiger partial charge in [0.05, 0.1) is 22.0 Å². The molecule has 148 valence electrons. The van der Waals surface area contributed by atoms with E-state index in [4.69, 9.17) is 14.2 Å². The number of hydrogen-bond donors (Lipinski definition) is 0. The van der Waals surface area contributed by atoms with Crippen LogP contribution in [-0.4, -0.2) is 21.6 Å². The smallest absolute Gasteiger partial charge is 0.318 e. The molecule has 0 aliphatic carbocycles. The van der Waals surface area contributed by atoms with E-state index < -0.39 is 21.1 Å². The van der Waals surface area contributed by atoms with E-state index in [-0.39, 0.29) is 29.4 Å². The Morgan fingerprint density at radius 2 is 1.79 bits per heavy atom. The number of ether oxygens (including phenoxy) is 3. The molecule has 0 aromatic heterocycles. The largest absolute Gasteiger partial charge is 0.480 e. The fourth-order valence-corrected chi connectivity index (χ4v) is 3.10. The van der Waals surface area contributed by atoms with E-state index in [2.05, 4.69) is 0 Å². The molecular formula is C19H20N2O7. The summed E-state index contributed by atoms with van der Waals surface area (Å²) in [6.07, 6.45) is -0.364. The predicted molar refractivity (Wildman–Crippen MR) is 99.9 cm³/mol. The number of para-hydroxylation sites is 1. The summed E-state index contributed by atoms with van der Waals surface area (Å²) in [5.74, 6) is 0.599. The summed E-state index contributed by atoms with van der Waals surface area (Å²) in [5.41, 5.74) is -0.770. The number of nitro groups is 2. The van der Waals surface area contributed by atoms with Gasteiger partial charge in [0.15, 0.2) is 11.5 Å². The van der Waals surface area contributed by atoms with Crippen LogP contribution in [0.15, 0.2) is 36.4 Å². The van der Waals surface area contributed by atoms with Gasteiger partial charge in [-0.2, -0.15) is 0 Å². The van der Waals surface area contributed by atoms with Gasteiger partial charge < -0.3 is 14.2 Å². The molecule has 1 unspecified atom stereocenters. The van der Waals surface area contributed by atoms with E-state index in [9.17, 15) is 20.2 Å². The Morgan fingerprint density at radius 3 is 2.39 bits per heavy atom. The number of nitrogens with zero attached hydrogens (tertiary/aromatic N) is 2. The first-order valence-corrected chi connectivity index (χ1v) is 8.68. The van der Waals surface area contributed by atoms with Crippen LogP contribution < -0.4 is 9.47 Å². The summed E-state index contributed by atoms with van der Waals surface area (Å²) in [5, 5.41) is 22.3. The zero-order valence-corrected chi connectivity index (χ0v) is 15.9. The SMILES string of the molecule is CC(C)OC1c2cccc(Oc3ccc([N+](=O)[O-])cc3[N+](=O)[O-])c2OC1(C)C. The molecule has 0 amide bonds. The average molecular weight is 388 g/mol. The quantitative estimate of drug-likeness (QED) is 0.509. The number of hydrogen-bond acceptors (Lipinski definition) is 7. The number of nitro benzene ring substituents is 2. The minimum Gasteiger partial charge on any atom is -0.480 e. The van der Waals surface area contributed by atoms with Crippen molar-refractivity contribution >= 4 is 11.4 Å². The Balaban J connectivity index is 2.01. The lowest BCUT2D eigenvalue weighted by Crippen LogP contribution is -2.33. The van der Waals surface area contributed by atoms with Gasteiger partial charge in [0, 0.05) is 11.6 Å². The summed E-state index contributed by atoms with van der Waals surface area (Å²) >= 11 is 0. The van der Waals surface area contributed by atoms with Crippen molar-refractivity contribution in [2.24, 2.45) is 0 Å². The summed E-state index contributed by atoms with van der Waals surface area (Å²) in [6.45, 7) is 7.62. The van der Waals surface area contributed by atoms with Gasteiger partial charge in [-0.05, 0) is 39.8 Å². The molecule has 0 saturated carbocycles. The van der Waals surface area contributed by atoms with Crippen LogP contribution in [0, 0.1) is 20.2 Å². The highest BCUT2D eigenvalue weighted by molar-refractivity contribution is 5.58. The average Bonchev–Trinajstić information content (AvgIpc) is 2.86. The van der Waals surface area contributed by atoms with Crippen LogP contribution in [0.5, 0.6) is 17.2 Å². The van der Waals surface area contributed by atoms with Crippen molar-refractivity contribution in [3.63, 3.8) is 0 Å². The zero-order valence-electron chi connectivity index (χ0n) is 15.9. The third-order valence-electron chi connectivity index (χ3n) is 4.27. The van der Waals surface area contributed by atoms with Gasteiger partial charge in [0.1, 0.15) is 11.7 Å². The van der Waals surface area contributed by atoms with Gasteiger partial charge in [-0.15, -0.1) is 0 Å². The minimum absolute atomic E-state index is 0.0286. The molecule has 0 fully saturated rings. The van der Waals surface area contributed by atoms with E-state index in [0.717, 1.165) is 17.7 Å². The second-order valence-electron chi connectivity index (χ2n) is 7.21. The van der Waals surface area contributed by atoms with Crippen molar-refractivity contribution in [2.45, 2.75) is 45.5 Å². The molecule has 1 aliphatic heterocycles. The van der Waals surface area contributed by atoms with Crippen molar-refractivity contribution in [1.82, 2.24) is 0 Å². The van der Waals surface area contributed by atoms with E-state index in [1.165, 1.54) is 6.07 Å². The highest BCUT2D eigenvalue weighted by Gasteiger charge is 2.44. The van der Waals surface area contributed by atoms with Crippen LogP contribution in [0.4, 0.5) is 11.4 Å². The molecule has 1 atom stereocenters. The lowest BCUT2D eigenvalue weighted by atomic mass is 9.97. The minimum atomic E-state index is -0.721. The first kappa shape index (κ1) is 19.6. The van der Waals surface area contributed by atoms with Crippen LogP contribution >= 0.6 is 0 Å². The van der Waals surface area contributed by atoms with Gasteiger partial charge in [-0.3, -0.25) is 20.2 Å². The van der Waals surface area contributed by atoms with Crippen molar-refractivity contribution in [3.05, 3.63) is 62.2 Å². The van der Waals surface area contributed by atoms with Crippen LogP contribution in [0.25, 0.3) is 0 Å². The van der Waals surface area contributed by atoms with Gasteiger partial charge in [0.2, 0.25) is 5.75 Å². The lowest BCUT2D eigenvalue weighted by Gasteiger charge is -2.27. The number of rotatable bonds is 6. The van der Waals surface area contributed by atoms with Crippen molar-refractivity contribution in [1.29, 1.82) is 0 Å². The maximum Gasteiger partial charge on any atom is 0.318 e. The molecule has 9 nitrogen and oxygen atoms in total. The Labute approximate surface area is 161 Å². The molecule has 2 aromatic carbocycles. The Bertz CT molecular complexity index is 940. The molecule has 0 radical (unpaired) electrons. The highest BCUT2D eigenvalue weighted by atomic mass is 16.6. The standard InChI is InChI=1S/C19H20N2O7/c1-11(2)26-18-13-6-5-7-16(17(13)28-19(18,3)4)27-15-9-8-12(20(22)23)10-14(15)21(24)25/h5-11,18H,1-4H3. The summed E-state index contributed by atoms with van der Waals surface area (Å²) in [7, 11) is 0. The topological polar surface area (TPSA) is 114 Å². The molecule has 9 heteroatoms. The number of fused-ring (bicyclic) bond motifs is 1. The van der Waals surface area contributed by atoms with Crippen molar-refractivity contribution < 1.29 is 24.1 Å². The van der Waals surface area contributed by atoms with Crippen molar-refractivity contribution in [2.75, 3.05) is 0 Å². The van der Waals surface area contributed by atoms with Gasteiger partial charge >= 0.3 is 5.69 Å². The molecule has 28 heavy (non-hydrogen) atoms. The molecule has 3 rings (SSSR count). The van der Waals surface area contributed by atoms with Crippen LogP contribution in [0.1, 0.15) is 39.4 Å². The number of benzene rings is 2. The van der Waals surface area contributed by atoms with E-state index in [0.29, 0.717) is 5.75 Å². The Hall–Kier alpha value is -3.20. The molecule has 1 heterocycles. The molecular weight excluding hydrogens is 368 g/mol. The fraction of sp³-hybridized carbons (Fsp3) is 0.368. The maximum absolute atomic E-state index is 11.3. The summed E-state index contributed by atoms with van der Waals surface area (Å²) in [6, 6.07) is 8.45. The van der Waals surface area contributed by atoms with E-state index >= 15 is 0 Å². The third kappa shape index (κ3) is 3.61. The monoisotopic (exact) mass is 388 g/mol. The van der Waals surface area contributed by atoms with Crippen LogP contribution in [0.2, 0.25) is 0 Å². The third-order valence-corrected chi connectivity index (χ3v) is 4.27. The Morgan fingerprint density at radius 1 is 1.07 bits per heavy atom. The zero-order chi connectivity index (χ0) is 20.6. The molecule has 0 bridgehead atoms. The molecule has 0 N–H and O–H groups in total. The van der Waals surface area contributed by atoms with E-state index in [1.807, 2.05) is 33.8 Å². The van der Waals surface area contributed by atoms with Gasteiger partial charge in [0.25, 0.3) is 5.69 Å². The van der Waals surface area contributed by atoms with Crippen LogP contribution in [-0.2, 0) is 4.74 Å². The van der Waals surface area contributed by atoms with Gasteiger partial charge in [-0.25, -0.2) is 0 Å². The van der Waals surface area contributed by atoms with E-state index in [1.54, 1.807) is 12.1 Å². The van der Waals surface area contributed by atoms with Crippen LogP contribution in [0.3, 0.4) is 0 Å². The number of non-ortho nitro benzene ring substituents is 1. The summed E-state index contributed by atoms with van der Waals surface area (Å²) in [4.78, 5) is 20.8. The first-order valence-electron chi connectivity index (χ1n) is 8.68.